The Morgan fingerprint density at radius 2 is 1.62 bits per heavy atom. The molecule has 0 amide bonds. The first-order valence-electron chi connectivity index (χ1n) is 5.40. The Morgan fingerprint density at radius 3 is 2.19 bits per heavy atom. The topological polar surface area (TPSA) is 0 Å². The van der Waals surface area contributed by atoms with Gasteiger partial charge in [0.2, 0.25) is 0 Å². The van der Waals surface area contributed by atoms with Crippen LogP contribution in [0.4, 0.5) is 0 Å². The van der Waals surface area contributed by atoms with E-state index >= 15 is 0 Å². The summed E-state index contributed by atoms with van der Waals surface area (Å²) in [5.74, 6) is 2.65. The maximum atomic E-state index is 2.48. The van der Waals surface area contributed by atoms with Crippen LogP contribution in [0.15, 0.2) is 30.3 Å². The van der Waals surface area contributed by atoms with Crippen molar-refractivity contribution in [2.24, 2.45) is 0 Å². The molecule has 1 aliphatic rings. The molecule has 2 rings (SSSR count). The Hall–Kier alpha value is 0.734. The predicted molar refractivity (Wildman–Crippen MR) is 76.3 cm³/mol. The van der Waals surface area contributed by atoms with Crippen LogP contribution in [-0.4, -0.2) is 19.6 Å². The van der Waals surface area contributed by atoms with Crippen LogP contribution in [0.1, 0.15) is 6.42 Å². The summed E-state index contributed by atoms with van der Waals surface area (Å²) in [7, 11) is -1.34. The SMILES string of the molecule is C[Si](C)(c1ccccc1)[C-]1SCCCS1.[Li+]. The normalized spacial score (nSPS) is 17.9. The summed E-state index contributed by atoms with van der Waals surface area (Å²) in [5, 5.41) is 1.57. The molecule has 0 N–H and O–H groups in total. The Bertz CT molecular complexity index is 310. The maximum Gasteiger partial charge on any atom is 1.00 e. The summed E-state index contributed by atoms with van der Waals surface area (Å²) in [6, 6.07) is 11.1. The third-order valence-electron chi connectivity index (χ3n) is 2.76. The van der Waals surface area contributed by atoms with Gasteiger partial charge in [-0.15, -0.1) is 0 Å². The molecule has 16 heavy (non-hydrogen) atoms. The van der Waals surface area contributed by atoms with Crippen molar-refractivity contribution in [3.8, 4) is 0 Å². The van der Waals surface area contributed by atoms with E-state index in [0.717, 1.165) is 0 Å². The first-order chi connectivity index (χ1) is 7.21. The van der Waals surface area contributed by atoms with Gasteiger partial charge in [0, 0.05) is 0 Å². The molecule has 4 heteroatoms. The summed E-state index contributed by atoms with van der Waals surface area (Å²) < 4.78 is 1.72. The largest absolute Gasteiger partial charge is 1.00 e. The minimum atomic E-state index is -1.34. The summed E-state index contributed by atoms with van der Waals surface area (Å²) in [4.78, 5) is 0. The standard InChI is InChI=1S/C12H17S2Si.Li/c1-15(2,11-7-4-3-5-8-11)12-13-9-6-10-14-12;/h3-5,7-8H,6,9-10H2,1-2H3;/q-1;+1. The van der Waals surface area contributed by atoms with Crippen LogP contribution in [0, 0.1) is 4.21 Å². The van der Waals surface area contributed by atoms with E-state index in [-0.39, 0.29) is 18.9 Å². The summed E-state index contributed by atoms with van der Waals surface area (Å²) in [6.07, 6.45) is 1.37. The van der Waals surface area contributed by atoms with Crippen LogP contribution < -0.4 is 24.0 Å². The van der Waals surface area contributed by atoms with Crippen molar-refractivity contribution < 1.29 is 18.9 Å². The van der Waals surface area contributed by atoms with E-state index in [1.54, 1.807) is 9.39 Å². The fourth-order valence-corrected chi connectivity index (χ4v) is 9.20. The molecule has 1 aromatic rings. The average molecular weight is 260 g/mol. The van der Waals surface area contributed by atoms with Gasteiger partial charge in [0.15, 0.2) is 0 Å². The molecule has 0 bridgehead atoms. The van der Waals surface area contributed by atoms with Gasteiger partial charge in [-0.25, -0.2) is 0 Å². The smallest absolute Gasteiger partial charge is 0.339 e. The van der Waals surface area contributed by atoms with Crippen molar-refractivity contribution in [1.29, 1.82) is 0 Å². The van der Waals surface area contributed by atoms with Crippen LogP contribution in [-0.2, 0) is 0 Å². The molecular weight excluding hydrogens is 243 g/mol. The van der Waals surface area contributed by atoms with E-state index in [9.17, 15) is 0 Å². The van der Waals surface area contributed by atoms with E-state index in [4.69, 9.17) is 0 Å². The summed E-state index contributed by atoms with van der Waals surface area (Å²) in [5.41, 5.74) is 0. The van der Waals surface area contributed by atoms with Gasteiger partial charge in [-0.2, -0.15) is 4.21 Å². The van der Waals surface area contributed by atoms with Crippen LogP contribution in [0.25, 0.3) is 0 Å². The van der Waals surface area contributed by atoms with Gasteiger partial charge in [0.1, 0.15) is 0 Å². The zero-order valence-electron chi connectivity index (χ0n) is 10.3. The van der Waals surface area contributed by atoms with Gasteiger partial charge in [0.05, 0.1) is 0 Å². The maximum absolute atomic E-state index is 2.48. The minimum Gasteiger partial charge on any atom is -0.339 e. The molecule has 1 saturated heterocycles. The zero-order valence-corrected chi connectivity index (χ0v) is 13.0. The molecule has 0 unspecified atom stereocenters. The van der Waals surface area contributed by atoms with Crippen LogP contribution in [0.5, 0.6) is 0 Å². The molecule has 1 aromatic carbocycles. The van der Waals surface area contributed by atoms with E-state index in [1.807, 2.05) is 0 Å². The molecule has 0 aromatic heterocycles. The van der Waals surface area contributed by atoms with E-state index < -0.39 is 8.07 Å². The number of rotatable bonds is 2. The van der Waals surface area contributed by atoms with Gasteiger partial charge < -0.3 is 23.5 Å². The Morgan fingerprint density at radius 1 is 1.06 bits per heavy atom. The molecule has 0 radical (unpaired) electrons. The van der Waals surface area contributed by atoms with Gasteiger partial charge in [0.25, 0.3) is 0 Å². The molecule has 0 spiro atoms. The predicted octanol–water partition coefficient (Wildman–Crippen LogP) is 0.505. The fourth-order valence-electron chi connectivity index (χ4n) is 1.76. The molecule has 0 atom stereocenters. The zero-order chi connectivity index (χ0) is 10.7. The quantitative estimate of drug-likeness (QED) is 0.561. The van der Waals surface area contributed by atoms with E-state index in [1.165, 1.54) is 17.9 Å². The van der Waals surface area contributed by atoms with Crippen molar-refractivity contribution in [2.75, 3.05) is 11.5 Å². The first-order valence-corrected chi connectivity index (χ1v) is 10.4. The second-order valence-corrected chi connectivity index (χ2v) is 11.8. The van der Waals surface area contributed by atoms with E-state index in [0.29, 0.717) is 0 Å². The molecule has 82 valence electrons. The fraction of sp³-hybridized carbons (Fsp3) is 0.417. The van der Waals surface area contributed by atoms with Gasteiger partial charge in [-0.3, -0.25) is 0 Å². The molecule has 0 aliphatic carbocycles. The van der Waals surface area contributed by atoms with Crippen LogP contribution in [0.3, 0.4) is 0 Å². The number of thioether (sulfide) groups is 2. The Labute approximate surface area is 121 Å². The van der Waals surface area contributed by atoms with Gasteiger partial charge in [-0.1, -0.05) is 48.6 Å². The third-order valence-corrected chi connectivity index (χ3v) is 11.7. The molecule has 0 nitrogen and oxygen atoms in total. The molecule has 1 aliphatic heterocycles. The molecule has 1 heterocycles. The van der Waals surface area contributed by atoms with Crippen molar-refractivity contribution in [3.05, 3.63) is 34.5 Å². The van der Waals surface area contributed by atoms with Crippen molar-refractivity contribution >= 4 is 36.8 Å². The second kappa shape index (κ2) is 6.61. The minimum absolute atomic E-state index is 0. The monoisotopic (exact) mass is 260 g/mol. The molecule has 0 saturated carbocycles. The summed E-state index contributed by atoms with van der Waals surface area (Å²) in [6.45, 7) is 4.95. The Balaban J connectivity index is 0.00000128. The van der Waals surface area contributed by atoms with Crippen molar-refractivity contribution in [1.82, 2.24) is 0 Å². The van der Waals surface area contributed by atoms with Gasteiger partial charge in [-0.05, 0) is 26.0 Å². The van der Waals surface area contributed by atoms with Crippen molar-refractivity contribution in [2.45, 2.75) is 19.5 Å². The number of hydrogen-bond donors (Lipinski definition) is 0. The molecular formula is C12H17LiS2Si. The van der Waals surface area contributed by atoms with Gasteiger partial charge >= 0.3 is 18.9 Å². The number of hydrogen-bond acceptors (Lipinski definition) is 2. The third kappa shape index (κ3) is 3.37. The van der Waals surface area contributed by atoms with Crippen LogP contribution >= 0.6 is 23.5 Å². The summed E-state index contributed by atoms with van der Waals surface area (Å²) >= 11 is 4.21. The second-order valence-electron chi connectivity index (χ2n) is 4.33. The molecule has 1 fully saturated rings. The average Bonchev–Trinajstić information content (AvgIpc) is 2.31. The van der Waals surface area contributed by atoms with Crippen LogP contribution in [0.2, 0.25) is 13.1 Å². The van der Waals surface area contributed by atoms with E-state index in [2.05, 4.69) is 66.9 Å². The van der Waals surface area contributed by atoms with Crippen molar-refractivity contribution in [3.63, 3.8) is 0 Å². The number of benzene rings is 1. The first kappa shape index (κ1) is 14.8. The Kier molecular flexibility index (Phi) is 6.11.